The van der Waals surface area contributed by atoms with Crippen molar-refractivity contribution >= 4 is 11.7 Å². The zero-order valence-corrected chi connectivity index (χ0v) is 24.5. The highest BCUT2D eigenvalue weighted by Crippen LogP contribution is 2.76. The van der Waals surface area contributed by atoms with Crippen LogP contribution in [-0.4, -0.2) is 17.2 Å². The van der Waals surface area contributed by atoms with Crippen molar-refractivity contribution in [2.45, 2.75) is 112 Å². The lowest BCUT2D eigenvalue weighted by Crippen LogP contribution is -2.70. The Morgan fingerprint density at radius 3 is 2.27 bits per heavy atom. The molecule has 0 spiro atoms. The van der Waals surface area contributed by atoms with E-state index in [1.807, 2.05) is 0 Å². The van der Waals surface area contributed by atoms with Gasteiger partial charge >= 0.3 is 0 Å². The monoisotopic (exact) mass is 504 g/mol. The van der Waals surface area contributed by atoms with E-state index >= 15 is 0 Å². The number of allylic oxidation sites excluding steroid dienone is 3. The maximum atomic E-state index is 13.3. The Hall–Kier alpha value is -1.89. The summed E-state index contributed by atoms with van der Waals surface area (Å²) in [5, 5.41) is 13.4. The largest absolute Gasteiger partial charge is 0.351 e. The lowest BCUT2D eigenvalue weighted by molar-refractivity contribution is -0.202. The second kappa shape index (κ2) is 7.83. The highest BCUT2D eigenvalue weighted by molar-refractivity contribution is 6.04. The van der Waals surface area contributed by atoms with E-state index in [0.29, 0.717) is 23.3 Å². The van der Waals surface area contributed by atoms with Gasteiger partial charge in [-0.3, -0.25) is 9.59 Å². The summed E-state index contributed by atoms with van der Waals surface area (Å²) in [5.74, 6) is 1.44. The molecule has 4 heteroatoms. The van der Waals surface area contributed by atoms with Crippen LogP contribution < -0.4 is 5.32 Å². The zero-order chi connectivity index (χ0) is 27.4. The number of carbonyl (C=O) groups excluding carboxylic acids is 2. The molecule has 4 saturated carbocycles. The summed E-state index contributed by atoms with van der Waals surface area (Å²) in [6, 6.07) is 2.27. The molecule has 8 atom stereocenters. The van der Waals surface area contributed by atoms with Crippen LogP contribution in [-0.2, 0) is 9.59 Å². The molecule has 5 aliphatic carbocycles. The first-order chi connectivity index (χ1) is 17.0. The van der Waals surface area contributed by atoms with E-state index in [1.54, 1.807) is 6.92 Å². The summed E-state index contributed by atoms with van der Waals surface area (Å²) in [4.78, 5) is 25.8. The van der Waals surface area contributed by atoms with Crippen LogP contribution in [0.5, 0.6) is 0 Å². The summed E-state index contributed by atoms with van der Waals surface area (Å²) < 4.78 is 0. The quantitative estimate of drug-likeness (QED) is 0.385. The van der Waals surface area contributed by atoms with Gasteiger partial charge in [-0.15, -0.1) is 0 Å². The topological polar surface area (TPSA) is 70.0 Å². The van der Waals surface area contributed by atoms with Gasteiger partial charge in [-0.2, -0.15) is 5.26 Å². The Balaban J connectivity index is 1.63. The van der Waals surface area contributed by atoms with Gasteiger partial charge in [-0.25, -0.2) is 0 Å². The molecule has 202 valence electrons. The maximum absolute atomic E-state index is 13.3. The first-order valence-corrected chi connectivity index (χ1v) is 14.6. The average molecular weight is 505 g/mol. The van der Waals surface area contributed by atoms with Crippen LogP contribution in [0.4, 0.5) is 0 Å². The Morgan fingerprint density at radius 1 is 1.00 bits per heavy atom. The van der Waals surface area contributed by atoms with Crippen molar-refractivity contribution in [2.75, 3.05) is 0 Å². The summed E-state index contributed by atoms with van der Waals surface area (Å²) in [5.41, 5.74) is 1.20. The molecule has 0 heterocycles. The third kappa shape index (κ3) is 3.37. The molecule has 0 aromatic rings. The number of rotatable bonds is 1. The predicted molar refractivity (Wildman–Crippen MR) is 147 cm³/mol. The van der Waals surface area contributed by atoms with Crippen molar-refractivity contribution in [1.82, 2.24) is 5.32 Å². The standard InChI is InChI=1S/C33H48N2O2/c1-20-16-25-30(7)17-22(19-34)27(37)29(5,6)24(30)10-11-31(25,8)32(9)13-15-33(35-21(2)36)14-12-28(3,4)18-23(33)26(20)32/h17,23-26H,1,10-16,18H2,2-9H3,(H,35,36)/t23?,24-,25+,26?,30-,31+,32+,33-/m0/s1. The fraction of sp³-hybridized carbons (Fsp3) is 0.788. The molecule has 0 aliphatic heterocycles. The van der Waals surface area contributed by atoms with Gasteiger partial charge in [0.1, 0.15) is 6.07 Å². The number of amides is 1. The number of hydrogen-bond donors (Lipinski definition) is 1. The van der Waals surface area contributed by atoms with Gasteiger partial charge in [0.15, 0.2) is 5.78 Å². The maximum Gasteiger partial charge on any atom is 0.217 e. The molecule has 5 aliphatic rings. The van der Waals surface area contributed by atoms with Crippen molar-refractivity contribution in [2.24, 2.45) is 50.7 Å². The van der Waals surface area contributed by atoms with E-state index in [4.69, 9.17) is 6.58 Å². The molecular formula is C33H48N2O2. The van der Waals surface area contributed by atoms with Crippen molar-refractivity contribution < 1.29 is 9.59 Å². The molecule has 0 bridgehead atoms. The van der Waals surface area contributed by atoms with Crippen LogP contribution in [0.15, 0.2) is 23.8 Å². The van der Waals surface area contributed by atoms with Crippen molar-refractivity contribution in [3.63, 3.8) is 0 Å². The first-order valence-electron chi connectivity index (χ1n) is 14.6. The van der Waals surface area contributed by atoms with Crippen LogP contribution in [0.25, 0.3) is 0 Å². The SMILES string of the molecule is C=C1C[C@@H]2[C@@]3(C)C=C(C#N)C(=O)C(C)(C)[C@@H]3CC[C@@]2(C)[C@]2(C)CC[C@@]3(NC(C)=O)CCC(C)(C)CC3C12. The summed E-state index contributed by atoms with van der Waals surface area (Å²) in [6.45, 7) is 22.8. The minimum atomic E-state index is -0.532. The minimum Gasteiger partial charge on any atom is -0.351 e. The average Bonchev–Trinajstić information content (AvgIpc) is 2.78. The number of nitrogens with one attached hydrogen (secondary N) is 1. The Labute approximate surface area is 224 Å². The van der Waals surface area contributed by atoms with Gasteiger partial charge in [0.2, 0.25) is 5.91 Å². The van der Waals surface area contributed by atoms with Gasteiger partial charge in [0, 0.05) is 17.9 Å². The fourth-order valence-electron chi connectivity index (χ4n) is 11.1. The Kier molecular flexibility index (Phi) is 5.65. The molecular weight excluding hydrogens is 456 g/mol. The number of ketones is 1. The number of Topliss-reactive ketones (excluding diaryl/α,β-unsaturated/α-hetero) is 1. The number of nitriles is 1. The van der Waals surface area contributed by atoms with Gasteiger partial charge in [0.05, 0.1) is 5.57 Å². The number of hydrogen-bond acceptors (Lipinski definition) is 3. The summed E-state index contributed by atoms with van der Waals surface area (Å²) in [7, 11) is 0. The molecule has 0 radical (unpaired) electrons. The molecule has 0 aromatic heterocycles. The van der Waals surface area contributed by atoms with E-state index in [1.165, 1.54) is 5.57 Å². The van der Waals surface area contributed by atoms with Crippen molar-refractivity contribution in [1.29, 1.82) is 5.26 Å². The first kappa shape index (κ1) is 26.7. The smallest absolute Gasteiger partial charge is 0.217 e. The van der Waals surface area contributed by atoms with Crippen LogP contribution >= 0.6 is 0 Å². The van der Waals surface area contributed by atoms with Crippen LogP contribution in [0.3, 0.4) is 0 Å². The molecule has 5 rings (SSSR count). The van der Waals surface area contributed by atoms with E-state index in [9.17, 15) is 14.9 Å². The highest BCUT2D eigenvalue weighted by atomic mass is 16.1. The lowest BCUT2D eigenvalue weighted by atomic mass is 9.32. The lowest BCUT2D eigenvalue weighted by Gasteiger charge is -2.73. The molecule has 0 saturated heterocycles. The minimum absolute atomic E-state index is 0.0157. The molecule has 4 fully saturated rings. The Bertz CT molecular complexity index is 1140. The number of carbonyl (C=O) groups is 2. The third-order valence-electron chi connectivity index (χ3n) is 13.0. The molecule has 0 aromatic carbocycles. The fourth-order valence-corrected chi connectivity index (χ4v) is 11.1. The predicted octanol–water partition coefficient (Wildman–Crippen LogP) is 7.16. The summed E-state index contributed by atoms with van der Waals surface area (Å²) in [6.07, 6.45) is 10.6. The van der Waals surface area contributed by atoms with E-state index in [-0.39, 0.29) is 44.8 Å². The number of nitrogens with zero attached hydrogens (tertiary/aromatic N) is 1. The van der Waals surface area contributed by atoms with Gasteiger partial charge in [0.25, 0.3) is 0 Å². The van der Waals surface area contributed by atoms with Crippen molar-refractivity contribution in [3.8, 4) is 6.07 Å². The van der Waals surface area contributed by atoms with Crippen LogP contribution in [0, 0.1) is 62.1 Å². The normalized spacial score (nSPS) is 47.8. The van der Waals surface area contributed by atoms with Gasteiger partial charge in [-0.05, 0) is 96.7 Å². The molecule has 1 amide bonds. The van der Waals surface area contributed by atoms with E-state index in [0.717, 1.165) is 51.4 Å². The second-order valence-electron chi connectivity index (χ2n) is 15.7. The molecule has 37 heavy (non-hydrogen) atoms. The van der Waals surface area contributed by atoms with Crippen LogP contribution in [0.1, 0.15) is 107 Å². The van der Waals surface area contributed by atoms with Crippen LogP contribution in [0.2, 0.25) is 0 Å². The van der Waals surface area contributed by atoms with Crippen molar-refractivity contribution in [3.05, 3.63) is 23.8 Å². The molecule has 2 unspecified atom stereocenters. The second-order valence-corrected chi connectivity index (χ2v) is 15.7. The van der Waals surface area contributed by atoms with E-state index < -0.39 is 5.41 Å². The summed E-state index contributed by atoms with van der Waals surface area (Å²) >= 11 is 0. The van der Waals surface area contributed by atoms with E-state index in [2.05, 4.69) is 65.9 Å². The third-order valence-corrected chi connectivity index (χ3v) is 13.0. The highest BCUT2D eigenvalue weighted by Gasteiger charge is 2.71. The molecule has 1 N–H and O–H groups in total. The number of fused-ring (bicyclic) bond motifs is 7. The zero-order valence-electron chi connectivity index (χ0n) is 24.5. The molecule has 4 nitrogen and oxygen atoms in total. The van der Waals surface area contributed by atoms with Gasteiger partial charge < -0.3 is 5.32 Å². The Morgan fingerprint density at radius 2 is 1.65 bits per heavy atom. The van der Waals surface area contributed by atoms with Gasteiger partial charge in [-0.1, -0.05) is 66.7 Å².